The van der Waals surface area contributed by atoms with Crippen molar-refractivity contribution in [1.82, 2.24) is 25.3 Å². The highest BCUT2D eigenvalue weighted by Crippen LogP contribution is 2.34. The lowest BCUT2D eigenvalue weighted by Gasteiger charge is -2.25. The summed E-state index contributed by atoms with van der Waals surface area (Å²) in [6.07, 6.45) is 1.01. The van der Waals surface area contributed by atoms with Crippen LogP contribution in [0.4, 0.5) is 0 Å². The maximum absolute atomic E-state index is 4.38. The highest BCUT2D eigenvalue weighted by molar-refractivity contribution is 5.88. The normalized spacial score (nSPS) is 16.4. The molecule has 0 saturated heterocycles. The summed E-state index contributed by atoms with van der Waals surface area (Å²) in [6.45, 7) is 3.09. The maximum Gasteiger partial charge on any atom is 0.113 e. The van der Waals surface area contributed by atoms with Crippen molar-refractivity contribution < 1.29 is 0 Å². The number of hydrogen-bond acceptors (Lipinski definition) is 3. The van der Waals surface area contributed by atoms with Crippen LogP contribution in [0.25, 0.3) is 27.6 Å². The zero-order chi connectivity index (χ0) is 19.4. The largest absolute Gasteiger partial charge is 0.357 e. The van der Waals surface area contributed by atoms with Crippen molar-refractivity contribution in [2.45, 2.75) is 19.4 Å². The minimum atomic E-state index is 0.197. The second-order valence-corrected chi connectivity index (χ2v) is 7.78. The molecule has 1 aliphatic heterocycles. The molecule has 0 amide bonds. The average Bonchev–Trinajstić information content (AvgIpc) is 3.35. The zero-order valence-corrected chi connectivity index (χ0v) is 16.2. The van der Waals surface area contributed by atoms with Crippen LogP contribution in [0.3, 0.4) is 0 Å². The Bertz CT molecular complexity index is 1340. The molecule has 5 aromatic rings. The third-order valence-corrected chi connectivity index (χ3v) is 5.94. The molecule has 0 radical (unpaired) electrons. The van der Waals surface area contributed by atoms with E-state index >= 15 is 0 Å². The van der Waals surface area contributed by atoms with Crippen molar-refractivity contribution in [1.29, 1.82) is 0 Å². The van der Waals surface area contributed by atoms with E-state index in [2.05, 4.69) is 76.1 Å². The van der Waals surface area contributed by atoms with E-state index < -0.39 is 0 Å². The molecule has 1 unspecified atom stereocenters. The smallest absolute Gasteiger partial charge is 0.113 e. The highest BCUT2D eigenvalue weighted by Gasteiger charge is 2.25. The summed E-state index contributed by atoms with van der Waals surface area (Å²) in [6, 6.07) is 23.6. The Morgan fingerprint density at radius 1 is 1.00 bits per heavy atom. The molecule has 5 heteroatoms. The molecule has 2 aromatic heterocycles. The van der Waals surface area contributed by atoms with Crippen LogP contribution in [0.1, 0.15) is 28.4 Å². The minimum Gasteiger partial charge on any atom is -0.357 e. The molecule has 0 fully saturated rings. The molecule has 0 aliphatic carbocycles. The van der Waals surface area contributed by atoms with Crippen molar-refractivity contribution in [2.75, 3.05) is 6.54 Å². The van der Waals surface area contributed by atoms with Crippen molar-refractivity contribution in [3.63, 3.8) is 0 Å². The van der Waals surface area contributed by atoms with Crippen molar-refractivity contribution in [3.05, 3.63) is 89.1 Å². The van der Waals surface area contributed by atoms with Gasteiger partial charge in [-0.3, -0.25) is 0 Å². The zero-order valence-electron chi connectivity index (χ0n) is 16.2. The topological polar surface area (TPSA) is 58.5 Å². The number of hydrogen-bond donors (Lipinski definition) is 2. The van der Waals surface area contributed by atoms with E-state index in [9.17, 15) is 0 Å². The molecule has 3 aromatic carbocycles. The van der Waals surface area contributed by atoms with Crippen molar-refractivity contribution in [2.24, 2.45) is 0 Å². The third kappa shape index (κ3) is 2.58. The van der Waals surface area contributed by atoms with E-state index in [-0.39, 0.29) is 6.04 Å². The van der Waals surface area contributed by atoms with E-state index in [4.69, 9.17) is 0 Å². The fourth-order valence-corrected chi connectivity index (χ4v) is 4.45. The van der Waals surface area contributed by atoms with Crippen LogP contribution in [0.2, 0.25) is 0 Å². The van der Waals surface area contributed by atoms with Gasteiger partial charge in [-0.05, 0) is 54.8 Å². The van der Waals surface area contributed by atoms with Gasteiger partial charge in [0.15, 0.2) is 0 Å². The van der Waals surface area contributed by atoms with Crippen LogP contribution in [-0.2, 0) is 6.42 Å². The van der Waals surface area contributed by atoms with Crippen LogP contribution in [0, 0.1) is 6.92 Å². The van der Waals surface area contributed by atoms with Crippen LogP contribution < -0.4 is 5.32 Å². The number of aromatic nitrogens is 4. The fraction of sp³-hybridized carbons (Fsp3) is 0.167. The van der Waals surface area contributed by atoms with Gasteiger partial charge >= 0.3 is 0 Å². The molecule has 1 aliphatic rings. The van der Waals surface area contributed by atoms with Gasteiger partial charge in [-0.2, -0.15) is 0 Å². The quantitative estimate of drug-likeness (QED) is 0.477. The van der Waals surface area contributed by atoms with E-state index in [0.29, 0.717) is 0 Å². The number of fused-ring (bicyclic) bond motifs is 4. The summed E-state index contributed by atoms with van der Waals surface area (Å²) in [5.74, 6) is 0. The molecular formula is C24H21N5. The summed E-state index contributed by atoms with van der Waals surface area (Å²) in [5.41, 5.74) is 9.40. The number of aryl methyl sites for hydroxylation is 1. The van der Waals surface area contributed by atoms with Gasteiger partial charge in [-0.15, -0.1) is 5.10 Å². The number of nitrogens with one attached hydrogen (secondary N) is 2. The molecule has 0 saturated carbocycles. The lowest BCUT2D eigenvalue weighted by molar-refractivity contribution is 0.560. The van der Waals surface area contributed by atoms with E-state index in [1.165, 1.54) is 33.3 Å². The lowest BCUT2D eigenvalue weighted by Crippen LogP contribution is -2.30. The second-order valence-electron chi connectivity index (χ2n) is 7.78. The number of benzene rings is 3. The number of nitrogens with zero attached hydrogens (tertiary/aromatic N) is 3. The number of H-pyrrole nitrogens is 1. The molecule has 0 bridgehead atoms. The van der Waals surface area contributed by atoms with Crippen molar-refractivity contribution >= 4 is 21.9 Å². The van der Waals surface area contributed by atoms with Gasteiger partial charge in [0.2, 0.25) is 0 Å². The first-order chi connectivity index (χ1) is 14.3. The van der Waals surface area contributed by atoms with Gasteiger partial charge in [-0.25, -0.2) is 4.68 Å². The van der Waals surface area contributed by atoms with E-state index in [1.54, 1.807) is 0 Å². The molecule has 0 spiro atoms. The molecule has 2 N–H and O–H groups in total. The van der Waals surface area contributed by atoms with Gasteiger partial charge < -0.3 is 10.3 Å². The van der Waals surface area contributed by atoms with E-state index in [1.807, 2.05) is 22.9 Å². The van der Waals surface area contributed by atoms with Crippen LogP contribution >= 0.6 is 0 Å². The fourth-order valence-electron chi connectivity index (χ4n) is 4.45. The summed E-state index contributed by atoms with van der Waals surface area (Å²) in [7, 11) is 0. The van der Waals surface area contributed by atoms with Crippen LogP contribution in [0.5, 0.6) is 0 Å². The minimum absolute atomic E-state index is 0.197. The molecule has 29 heavy (non-hydrogen) atoms. The third-order valence-electron chi connectivity index (χ3n) is 5.94. The van der Waals surface area contributed by atoms with Crippen molar-refractivity contribution in [3.8, 4) is 5.69 Å². The summed E-state index contributed by atoms with van der Waals surface area (Å²) < 4.78 is 1.92. The maximum atomic E-state index is 4.38. The highest BCUT2D eigenvalue weighted by atomic mass is 15.4. The Kier molecular flexibility index (Phi) is 3.58. The van der Waals surface area contributed by atoms with Gasteiger partial charge in [0.05, 0.1) is 17.2 Å². The lowest BCUT2D eigenvalue weighted by atomic mass is 9.94. The second kappa shape index (κ2) is 6.29. The first-order valence-corrected chi connectivity index (χ1v) is 10.0. The van der Waals surface area contributed by atoms with Crippen LogP contribution in [-0.4, -0.2) is 26.5 Å². The monoisotopic (exact) mass is 379 g/mol. The Balaban J connectivity index is 1.50. The SMILES string of the molecule is Cc1ccc(C2NCCc3c2[nH]c2ccc(-n4nnc5ccccc54)cc32)cc1. The van der Waals surface area contributed by atoms with Gasteiger partial charge in [0.25, 0.3) is 0 Å². The number of para-hydroxylation sites is 1. The molecule has 3 heterocycles. The Hall–Kier alpha value is -3.44. The van der Waals surface area contributed by atoms with E-state index in [0.717, 1.165) is 29.7 Å². The predicted octanol–water partition coefficient (Wildman–Crippen LogP) is 4.45. The molecule has 5 nitrogen and oxygen atoms in total. The molecular weight excluding hydrogens is 358 g/mol. The first kappa shape index (κ1) is 16.5. The first-order valence-electron chi connectivity index (χ1n) is 10.0. The Morgan fingerprint density at radius 2 is 1.86 bits per heavy atom. The van der Waals surface area contributed by atoms with Gasteiger partial charge in [0.1, 0.15) is 5.52 Å². The molecule has 142 valence electrons. The number of rotatable bonds is 2. The predicted molar refractivity (Wildman–Crippen MR) is 115 cm³/mol. The molecule has 1 atom stereocenters. The summed E-state index contributed by atoms with van der Waals surface area (Å²) in [5, 5.41) is 13.6. The van der Waals surface area contributed by atoms with Gasteiger partial charge in [0, 0.05) is 23.1 Å². The molecule has 6 rings (SSSR count). The standard InChI is InChI=1S/C24H21N5/c1-15-6-8-16(9-7-15)23-24-18(12-13-25-23)19-14-17(10-11-20(19)26-24)29-22-5-3-2-4-21(22)27-28-29/h2-11,14,23,25-26H,12-13H2,1H3. The average molecular weight is 379 g/mol. The number of aromatic amines is 1. The Labute approximate surface area is 168 Å². The summed E-state index contributed by atoms with van der Waals surface area (Å²) in [4.78, 5) is 3.68. The van der Waals surface area contributed by atoms with Crippen LogP contribution in [0.15, 0.2) is 66.7 Å². The Morgan fingerprint density at radius 3 is 2.76 bits per heavy atom. The summed E-state index contributed by atoms with van der Waals surface area (Å²) >= 11 is 0. The van der Waals surface area contributed by atoms with Gasteiger partial charge in [-0.1, -0.05) is 47.2 Å².